The molecule has 0 saturated carbocycles. The van der Waals surface area contributed by atoms with E-state index < -0.39 is 0 Å². The van der Waals surface area contributed by atoms with E-state index in [1.165, 1.54) is 71.0 Å². The predicted molar refractivity (Wildman–Crippen MR) is 72.2 cm³/mol. The van der Waals surface area contributed by atoms with Gasteiger partial charge >= 0.3 is 0 Å². The molecule has 0 aromatic heterocycles. The van der Waals surface area contributed by atoms with E-state index in [1.807, 2.05) is 0 Å². The minimum Gasteiger partial charge on any atom is -0.312 e. The Labute approximate surface area is 105 Å². The number of allylic oxidation sites excluding steroid dienone is 1. The molecule has 1 N–H and O–H groups in total. The van der Waals surface area contributed by atoms with Crippen LogP contribution >= 0.6 is 0 Å². The topological polar surface area (TPSA) is 15.3 Å². The minimum atomic E-state index is 0.793. The first kappa shape index (κ1) is 11.7. The van der Waals surface area contributed by atoms with Gasteiger partial charge in [-0.3, -0.25) is 4.90 Å². The molecule has 0 amide bonds. The largest absolute Gasteiger partial charge is 0.312 e. The first-order valence-electron chi connectivity index (χ1n) is 7.59. The van der Waals surface area contributed by atoms with Crippen LogP contribution in [0.15, 0.2) is 11.6 Å². The van der Waals surface area contributed by atoms with E-state index in [4.69, 9.17) is 0 Å². The SMILES string of the molecule is C1=C(CCNC2CCN3CCCC23)CCCC1. The predicted octanol–water partition coefficient (Wildman–Crippen LogP) is 2.70. The number of rotatable bonds is 4. The molecule has 2 saturated heterocycles. The molecule has 0 radical (unpaired) electrons. The summed E-state index contributed by atoms with van der Waals surface area (Å²) < 4.78 is 0. The van der Waals surface area contributed by atoms with E-state index >= 15 is 0 Å². The maximum atomic E-state index is 3.82. The number of hydrogen-bond acceptors (Lipinski definition) is 2. The van der Waals surface area contributed by atoms with Crippen LogP contribution in [-0.4, -0.2) is 36.6 Å². The van der Waals surface area contributed by atoms with Crippen LogP contribution in [0.2, 0.25) is 0 Å². The Morgan fingerprint density at radius 3 is 3.06 bits per heavy atom. The highest BCUT2D eigenvalue weighted by Crippen LogP contribution is 2.28. The first-order valence-corrected chi connectivity index (χ1v) is 7.59. The van der Waals surface area contributed by atoms with Crippen molar-refractivity contribution in [3.63, 3.8) is 0 Å². The zero-order chi connectivity index (χ0) is 11.5. The molecule has 2 aliphatic heterocycles. The van der Waals surface area contributed by atoms with Crippen molar-refractivity contribution in [1.29, 1.82) is 0 Å². The molecule has 0 spiro atoms. The van der Waals surface area contributed by atoms with Crippen molar-refractivity contribution in [2.75, 3.05) is 19.6 Å². The van der Waals surface area contributed by atoms with E-state index in [1.54, 1.807) is 5.57 Å². The molecule has 3 aliphatic rings. The zero-order valence-electron chi connectivity index (χ0n) is 11.0. The second kappa shape index (κ2) is 5.53. The average molecular weight is 234 g/mol. The molecule has 1 aliphatic carbocycles. The second-order valence-corrected chi connectivity index (χ2v) is 5.95. The fourth-order valence-electron chi connectivity index (χ4n) is 3.87. The summed E-state index contributed by atoms with van der Waals surface area (Å²) in [5.74, 6) is 0. The number of hydrogen-bond donors (Lipinski definition) is 1. The van der Waals surface area contributed by atoms with Gasteiger partial charge in [0.05, 0.1) is 0 Å². The molecule has 96 valence electrons. The van der Waals surface area contributed by atoms with Gasteiger partial charge in [-0.2, -0.15) is 0 Å². The second-order valence-electron chi connectivity index (χ2n) is 5.95. The summed E-state index contributed by atoms with van der Waals surface area (Å²) in [7, 11) is 0. The highest BCUT2D eigenvalue weighted by atomic mass is 15.2. The van der Waals surface area contributed by atoms with Gasteiger partial charge in [0, 0.05) is 18.6 Å². The van der Waals surface area contributed by atoms with Crippen molar-refractivity contribution in [1.82, 2.24) is 10.2 Å². The van der Waals surface area contributed by atoms with Crippen molar-refractivity contribution in [3.8, 4) is 0 Å². The molecule has 2 heteroatoms. The molecule has 2 fully saturated rings. The summed E-state index contributed by atoms with van der Waals surface area (Å²) in [6.07, 6.45) is 13.5. The minimum absolute atomic E-state index is 0.793. The molecular weight excluding hydrogens is 208 g/mol. The molecular formula is C15H26N2. The van der Waals surface area contributed by atoms with E-state index in [0.717, 1.165) is 12.1 Å². The van der Waals surface area contributed by atoms with Crippen molar-refractivity contribution in [2.45, 2.75) is 63.5 Å². The Hall–Kier alpha value is -0.340. The molecule has 3 rings (SSSR count). The lowest BCUT2D eigenvalue weighted by Gasteiger charge is -2.22. The van der Waals surface area contributed by atoms with E-state index in [-0.39, 0.29) is 0 Å². The number of nitrogens with one attached hydrogen (secondary N) is 1. The van der Waals surface area contributed by atoms with Crippen molar-refractivity contribution in [3.05, 3.63) is 11.6 Å². The molecule has 2 heterocycles. The van der Waals surface area contributed by atoms with Crippen LogP contribution in [0.5, 0.6) is 0 Å². The standard InChI is InChI=1S/C15H26N2/c1-2-5-13(6-3-1)8-10-16-14-9-12-17-11-4-7-15(14)17/h5,14-16H,1-4,6-12H2. The Balaban J connectivity index is 1.41. The molecule has 0 bridgehead atoms. The fourth-order valence-corrected chi connectivity index (χ4v) is 3.87. The lowest BCUT2D eigenvalue weighted by Crippen LogP contribution is -2.39. The summed E-state index contributed by atoms with van der Waals surface area (Å²) in [5, 5.41) is 3.82. The van der Waals surface area contributed by atoms with E-state index in [2.05, 4.69) is 16.3 Å². The summed E-state index contributed by atoms with van der Waals surface area (Å²) >= 11 is 0. The van der Waals surface area contributed by atoms with Gasteiger partial charge in [0.25, 0.3) is 0 Å². The molecule has 0 aromatic carbocycles. The highest BCUT2D eigenvalue weighted by Gasteiger charge is 2.36. The van der Waals surface area contributed by atoms with Crippen LogP contribution in [0, 0.1) is 0 Å². The Morgan fingerprint density at radius 2 is 2.18 bits per heavy atom. The summed E-state index contributed by atoms with van der Waals surface area (Å²) in [5.41, 5.74) is 1.71. The van der Waals surface area contributed by atoms with Crippen LogP contribution in [0.4, 0.5) is 0 Å². The molecule has 0 aromatic rings. The van der Waals surface area contributed by atoms with E-state index in [0.29, 0.717) is 0 Å². The number of nitrogens with zero attached hydrogens (tertiary/aromatic N) is 1. The van der Waals surface area contributed by atoms with Crippen LogP contribution in [0.25, 0.3) is 0 Å². The molecule has 2 unspecified atom stereocenters. The lowest BCUT2D eigenvalue weighted by molar-refractivity contribution is 0.299. The normalized spacial score (nSPS) is 33.8. The van der Waals surface area contributed by atoms with Crippen molar-refractivity contribution >= 4 is 0 Å². The number of fused-ring (bicyclic) bond motifs is 1. The molecule has 2 atom stereocenters. The average Bonchev–Trinajstić information content (AvgIpc) is 2.95. The third-order valence-corrected chi connectivity index (χ3v) is 4.84. The maximum absolute atomic E-state index is 3.82. The van der Waals surface area contributed by atoms with Crippen LogP contribution < -0.4 is 5.32 Å². The first-order chi connectivity index (χ1) is 8.43. The highest BCUT2D eigenvalue weighted by molar-refractivity contribution is 5.05. The summed E-state index contributed by atoms with van der Waals surface area (Å²) in [6.45, 7) is 3.90. The summed E-state index contributed by atoms with van der Waals surface area (Å²) in [6, 6.07) is 1.66. The third kappa shape index (κ3) is 2.74. The Morgan fingerprint density at radius 1 is 1.18 bits per heavy atom. The monoisotopic (exact) mass is 234 g/mol. The quantitative estimate of drug-likeness (QED) is 0.752. The Bertz CT molecular complexity index is 285. The van der Waals surface area contributed by atoms with E-state index in [9.17, 15) is 0 Å². The van der Waals surface area contributed by atoms with Gasteiger partial charge in [-0.15, -0.1) is 0 Å². The zero-order valence-corrected chi connectivity index (χ0v) is 11.0. The molecule has 17 heavy (non-hydrogen) atoms. The molecule has 2 nitrogen and oxygen atoms in total. The fraction of sp³-hybridized carbons (Fsp3) is 0.867. The van der Waals surface area contributed by atoms with Crippen LogP contribution in [0.3, 0.4) is 0 Å². The van der Waals surface area contributed by atoms with Gasteiger partial charge < -0.3 is 5.32 Å². The Kier molecular flexibility index (Phi) is 3.82. The van der Waals surface area contributed by atoms with Gasteiger partial charge in [-0.1, -0.05) is 11.6 Å². The third-order valence-electron chi connectivity index (χ3n) is 4.84. The van der Waals surface area contributed by atoms with Crippen molar-refractivity contribution in [2.24, 2.45) is 0 Å². The van der Waals surface area contributed by atoms with Gasteiger partial charge in [-0.05, 0) is 64.5 Å². The lowest BCUT2D eigenvalue weighted by atomic mass is 9.97. The van der Waals surface area contributed by atoms with Gasteiger partial charge in [0.2, 0.25) is 0 Å². The van der Waals surface area contributed by atoms with Crippen LogP contribution in [-0.2, 0) is 0 Å². The van der Waals surface area contributed by atoms with Gasteiger partial charge in [-0.25, -0.2) is 0 Å². The van der Waals surface area contributed by atoms with Gasteiger partial charge in [0.15, 0.2) is 0 Å². The van der Waals surface area contributed by atoms with Crippen LogP contribution in [0.1, 0.15) is 51.4 Å². The smallest absolute Gasteiger partial charge is 0.0250 e. The van der Waals surface area contributed by atoms with Crippen molar-refractivity contribution < 1.29 is 0 Å². The maximum Gasteiger partial charge on any atom is 0.0250 e. The van der Waals surface area contributed by atoms with Gasteiger partial charge in [0.1, 0.15) is 0 Å². The summed E-state index contributed by atoms with van der Waals surface area (Å²) in [4.78, 5) is 2.69.